The van der Waals surface area contributed by atoms with Gasteiger partial charge in [0, 0.05) is 31.7 Å². The van der Waals surface area contributed by atoms with Gasteiger partial charge in [-0.25, -0.2) is 9.48 Å². The molecule has 2 aromatic heterocycles. The van der Waals surface area contributed by atoms with Gasteiger partial charge in [0.15, 0.2) is 5.69 Å². The molecule has 0 spiro atoms. The zero-order chi connectivity index (χ0) is 19.8. The van der Waals surface area contributed by atoms with Crippen molar-refractivity contribution in [1.29, 1.82) is 0 Å². The van der Waals surface area contributed by atoms with Crippen LogP contribution in [0.25, 0.3) is 16.6 Å². The number of amides is 1. The number of carboxylic acids is 1. The van der Waals surface area contributed by atoms with Crippen LogP contribution in [0, 0.1) is 6.92 Å². The van der Waals surface area contributed by atoms with E-state index in [2.05, 4.69) is 15.3 Å². The predicted octanol–water partition coefficient (Wildman–Crippen LogP) is 1.44. The minimum atomic E-state index is -1.06. The highest BCUT2D eigenvalue weighted by molar-refractivity contribution is 5.96. The summed E-state index contributed by atoms with van der Waals surface area (Å²) in [6.07, 6.45) is 1.64. The number of hydrogen-bond donors (Lipinski definition) is 1. The average molecular weight is 381 g/mol. The Labute approximate surface area is 160 Å². The minimum absolute atomic E-state index is 0.129. The molecule has 4 rings (SSSR count). The summed E-state index contributed by atoms with van der Waals surface area (Å²) >= 11 is 0. The van der Waals surface area contributed by atoms with Gasteiger partial charge in [-0.3, -0.25) is 9.78 Å². The standard InChI is InChI=1S/C19H19N5O4/c1-11-17(18(25)23-10-12(28-2)9-16(23)19(26)27)21-22-24(11)15-7-3-6-14-13(15)5-4-8-20-14/h3-8,12,16H,9-10H2,1-2H3,(H,26,27). The Morgan fingerprint density at radius 3 is 2.82 bits per heavy atom. The Balaban J connectivity index is 1.72. The zero-order valence-electron chi connectivity index (χ0n) is 15.4. The Hall–Kier alpha value is -3.33. The van der Waals surface area contributed by atoms with Crippen LogP contribution in [-0.4, -0.2) is 67.7 Å². The fourth-order valence-corrected chi connectivity index (χ4v) is 3.59. The number of likely N-dealkylation sites (tertiary alicyclic amines) is 1. The van der Waals surface area contributed by atoms with Crippen LogP contribution in [0.3, 0.4) is 0 Å². The third kappa shape index (κ3) is 2.89. The molecule has 1 saturated heterocycles. The molecular formula is C19H19N5O4. The molecule has 1 fully saturated rings. The molecule has 1 aliphatic rings. The van der Waals surface area contributed by atoms with Crippen molar-refractivity contribution in [3.8, 4) is 5.69 Å². The van der Waals surface area contributed by atoms with Crippen LogP contribution in [-0.2, 0) is 9.53 Å². The molecule has 144 valence electrons. The quantitative estimate of drug-likeness (QED) is 0.728. The normalized spacial score (nSPS) is 19.3. The summed E-state index contributed by atoms with van der Waals surface area (Å²) < 4.78 is 6.84. The van der Waals surface area contributed by atoms with Crippen molar-refractivity contribution < 1.29 is 19.4 Å². The highest BCUT2D eigenvalue weighted by atomic mass is 16.5. The highest BCUT2D eigenvalue weighted by Crippen LogP contribution is 2.25. The molecule has 1 aromatic carbocycles. The first kappa shape index (κ1) is 18.1. The lowest BCUT2D eigenvalue weighted by Crippen LogP contribution is -2.41. The minimum Gasteiger partial charge on any atom is -0.480 e. The number of rotatable bonds is 4. The first-order chi connectivity index (χ1) is 13.5. The summed E-state index contributed by atoms with van der Waals surface area (Å²) in [4.78, 5) is 30.2. The second kappa shape index (κ2) is 7.01. The van der Waals surface area contributed by atoms with E-state index in [0.29, 0.717) is 5.69 Å². The van der Waals surface area contributed by atoms with Crippen molar-refractivity contribution in [3.63, 3.8) is 0 Å². The maximum absolute atomic E-state index is 13.0. The van der Waals surface area contributed by atoms with E-state index in [4.69, 9.17) is 4.74 Å². The molecule has 28 heavy (non-hydrogen) atoms. The van der Waals surface area contributed by atoms with Gasteiger partial charge in [-0.05, 0) is 31.2 Å². The number of carbonyl (C=O) groups is 2. The molecule has 3 aromatic rings. The molecule has 3 heterocycles. The van der Waals surface area contributed by atoms with Crippen molar-refractivity contribution in [2.75, 3.05) is 13.7 Å². The Kier molecular flexibility index (Phi) is 4.52. The van der Waals surface area contributed by atoms with Gasteiger partial charge in [-0.1, -0.05) is 11.3 Å². The van der Waals surface area contributed by atoms with Crippen LogP contribution in [0.4, 0.5) is 0 Å². The summed E-state index contributed by atoms with van der Waals surface area (Å²) in [5.74, 6) is -1.52. The molecule has 0 aliphatic carbocycles. The zero-order valence-corrected chi connectivity index (χ0v) is 15.4. The number of aromatic nitrogens is 4. The van der Waals surface area contributed by atoms with Gasteiger partial charge in [0.1, 0.15) is 6.04 Å². The maximum Gasteiger partial charge on any atom is 0.326 e. The monoisotopic (exact) mass is 381 g/mol. The van der Waals surface area contributed by atoms with E-state index in [1.807, 2.05) is 30.3 Å². The SMILES string of the molecule is COC1CC(C(=O)O)N(C(=O)c2nnn(-c3cccc4ncccc34)c2C)C1. The fourth-order valence-electron chi connectivity index (χ4n) is 3.59. The third-order valence-corrected chi connectivity index (χ3v) is 5.09. The molecule has 0 bridgehead atoms. The number of hydrogen-bond acceptors (Lipinski definition) is 6. The molecule has 0 radical (unpaired) electrons. The van der Waals surface area contributed by atoms with Crippen LogP contribution >= 0.6 is 0 Å². The van der Waals surface area contributed by atoms with E-state index in [1.165, 1.54) is 12.0 Å². The van der Waals surface area contributed by atoms with Gasteiger partial charge in [-0.15, -0.1) is 5.10 Å². The summed E-state index contributed by atoms with van der Waals surface area (Å²) in [6.45, 7) is 1.94. The first-order valence-electron chi connectivity index (χ1n) is 8.84. The molecule has 1 amide bonds. The molecule has 2 unspecified atom stereocenters. The number of carbonyl (C=O) groups excluding carboxylic acids is 1. The number of nitrogens with zero attached hydrogens (tertiary/aromatic N) is 5. The topological polar surface area (TPSA) is 110 Å². The number of pyridine rings is 1. The average Bonchev–Trinajstić information content (AvgIpc) is 3.31. The number of aliphatic carboxylic acids is 1. The van der Waals surface area contributed by atoms with E-state index in [0.717, 1.165) is 16.6 Å². The van der Waals surface area contributed by atoms with Crippen molar-refractivity contribution in [3.05, 3.63) is 47.9 Å². The number of carboxylic acid groups (broad SMARTS) is 1. The van der Waals surface area contributed by atoms with Gasteiger partial charge in [0.2, 0.25) is 0 Å². The number of fused-ring (bicyclic) bond motifs is 1. The molecule has 9 heteroatoms. The number of methoxy groups -OCH3 is 1. The molecule has 1 N–H and O–H groups in total. The van der Waals surface area contributed by atoms with Crippen molar-refractivity contribution in [2.45, 2.75) is 25.5 Å². The Morgan fingerprint density at radius 1 is 1.25 bits per heavy atom. The molecular weight excluding hydrogens is 362 g/mol. The van der Waals surface area contributed by atoms with E-state index in [-0.39, 0.29) is 24.8 Å². The summed E-state index contributed by atoms with van der Waals surface area (Å²) in [5, 5.41) is 18.5. The molecule has 9 nitrogen and oxygen atoms in total. The largest absolute Gasteiger partial charge is 0.480 e. The van der Waals surface area contributed by atoms with Gasteiger partial charge >= 0.3 is 5.97 Å². The molecule has 2 atom stereocenters. The van der Waals surface area contributed by atoms with Gasteiger partial charge < -0.3 is 14.7 Å². The predicted molar refractivity (Wildman–Crippen MR) is 99.3 cm³/mol. The van der Waals surface area contributed by atoms with Gasteiger partial charge in [-0.2, -0.15) is 0 Å². The lowest BCUT2D eigenvalue weighted by atomic mass is 10.1. The second-order valence-corrected chi connectivity index (χ2v) is 6.69. The highest BCUT2D eigenvalue weighted by Gasteiger charge is 2.41. The van der Waals surface area contributed by atoms with Crippen molar-refractivity contribution >= 4 is 22.8 Å². The maximum atomic E-state index is 13.0. The lowest BCUT2D eigenvalue weighted by molar-refractivity contribution is -0.141. The van der Waals surface area contributed by atoms with Crippen LogP contribution in [0.2, 0.25) is 0 Å². The smallest absolute Gasteiger partial charge is 0.326 e. The second-order valence-electron chi connectivity index (χ2n) is 6.69. The molecule has 0 saturated carbocycles. The van der Waals surface area contributed by atoms with Crippen LogP contribution in [0.1, 0.15) is 22.6 Å². The van der Waals surface area contributed by atoms with Crippen molar-refractivity contribution in [2.24, 2.45) is 0 Å². The van der Waals surface area contributed by atoms with E-state index in [1.54, 1.807) is 17.8 Å². The summed E-state index contributed by atoms with van der Waals surface area (Å²) in [6, 6.07) is 8.43. The molecule has 1 aliphatic heterocycles. The Morgan fingerprint density at radius 2 is 2.07 bits per heavy atom. The first-order valence-corrected chi connectivity index (χ1v) is 8.84. The number of benzene rings is 1. The fraction of sp³-hybridized carbons (Fsp3) is 0.316. The van der Waals surface area contributed by atoms with Crippen molar-refractivity contribution in [1.82, 2.24) is 24.9 Å². The van der Waals surface area contributed by atoms with Gasteiger partial charge in [0.05, 0.1) is 23.0 Å². The van der Waals surface area contributed by atoms with E-state index >= 15 is 0 Å². The van der Waals surface area contributed by atoms with Crippen LogP contribution in [0.5, 0.6) is 0 Å². The van der Waals surface area contributed by atoms with Crippen LogP contribution < -0.4 is 0 Å². The third-order valence-electron chi connectivity index (χ3n) is 5.09. The number of ether oxygens (including phenoxy) is 1. The van der Waals surface area contributed by atoms with E-state index < -0.39 is 17.9 Å². The summed E-state index contributed by atoms with van der Waals surface area (Å²) in [7, 11) is 1.51. The Bertz CT molecular complexity index is 1060. The lowest BCUT2D eigenvalue weighted by Gasteiger charge is -2.20. The van der Waals surface area contributed by atoms with Gasteiger partial charge in [0.25, 0.3) is 5.91 Å². The summed E-state index contributed by atoms with van der Waals surface area (Å²) in [5.41, 5.74) is 2.21. The van der Waals surface area contributed by atoms with Crippen LogP contribution in [0.15, 0.2) is 36.5 Å². The van der Waals surface area contributed by atoms with E-state index in [9.17, 15) is 14.7 Å².